The second-order valence-electron chi connectivity index (χ2n) is 8.57. The Bertz CT molecular complexity index is 790. The molecular formula is C22H33F3IN5O. The van der Waals surface area contributed by atoms with E-state index in [2.05, 4.69) is 10.6 Å². The molecule has 1 heterocycles. The van der Waals surface area contributed by atoms with E-state index in [1.54, 1.807) is 6.07 Å². The number of nitrogens with two attached hydrogens (primary N) is 1. The summed E-state index contributed by atoms with van der Waals surface area (Å²) in [6.45, 7) is 4.98. The Balaban J connectivity index is 0.00000363. The van der Waals surface area contributed by atoms with Crippen LogP contribution in [0.25, 0.3) is 0 Å². The fourth-order valence-electron chi connectivity index (χ4n) is 4.37. The molecule has 0 atom stereocenters. The second-order valence-corrected chi connectivity index (χ2v) is 8.57. The number of hydrogen-bond donors (Lipinski definition) is 3. The molecule has 1 amide bonds. The van der Waals surface area contributed by atoms with E-state index in [1.165, 1.54) is 12.1 Å². The van der Waals surface area contributed by atoms with Gasteiger partial charge < -0.3 is 16.4 Å². The van der Waals surface area contributed by atoms with Crippen molar-refractivity contribution in [2.45, 2.75) is 56.7 Å². The maximum atomic E-state index is 13.2. The van der Waals surface area contributed by atoms with Crippen LogP contribution in [0.3, 0.4) is 0 Å². The summed E-state index contributed by atoms with van der Waals surface area (Å²) in [6.07, 6.45) is 0.0660. The van der Waals surface area contributed by atoms with Crippen LogP contribution in [0.4, 0.5) is 13.2 Å². The molecule has 6 nitrogen and oxygen atoms in total. The fourth-order valence-corrected chi connectivity index (χ4v) is 4.37. The quantitative estimate of drug-likeness (QED) is 0.269. The van der Waals surface area contributed by atoms with Crippen LogP contribution in [-0.2, 0) is 16.4 Å². The number of hydrogen-bond acceptors (Lipinski definition) is 3. The largest absolute Gasteiger partial charge is 0.416 e. The number of halogens is 4. The van der Waals surface area contributed by atoms with Crippen molar-refractivity contribution in [2.24, 2.45) is 10.7 Å². The number of nitrogens with one attached hydrogen (secondary N) is 2. The van der Waals surface area contributed by atoms with E-state index >= 15 is 0 Å². The standard InChI is InChI=1S/C22H32F3N5O.HI/c1-2-27-20(29-18-7-11-30(12-8-18)14-19(26)31)28-15-21(9-4-10-21)16-5-3-6-17(13-16)22(23,24)25;/h3,5-6,13,18H,2,4,7-12,14-15H2,1H3,(H2,26,31)(H2,27,28,29);1H. The van der Waals surface area contributed by atoms with Crippen LogP contribution in [0.15, 0.2) is 29.3 Å². The molecule has 1 aromatic rings. The Hall–Kier alpha value is -1.56. The summed E-state index contributed by atoms with van der Waals surface area (Å²) >= 11 is 0. The van der Waals surface area contributed by atoms with Gasteiger partial charge in [-0.25, -0.2) is 0 Å². The number of alkyl halides is 3. The number of benzene rings is 1. The van der Waals surface area contributed by atoms with E-state index < -0.39 is 11.7 Å². The number of guanidine groups is 1. The van der Waals surface area contributed by atoms with Crippen LogP contribution in [0.2, 0.25) is 0 Å². The van der Waals surface area contributed by atoms with E-state index in [4.69, 9.17) is 10.7 Å². The van der Waals surface area contributed by atoms with Gasteiger partial charge >= 0.3 is 6.18 Å². The van der Waals surface area contributed by atoms with Gasteiger partial charge in [0.05, 0.1) is 18.7 Å². The molecule has 0 radical (unpaired) electrons. The van der Waals surface area contributed by atoms with E-state index in [1.807, 2.05) is 11.8 Å². The topological polar surface area (TPSA) is 82.8 Å². The SMILES string of the molecule is CCNC(=NCC1(c2cccc(C(F)(F)F)c2)CCC1)NC1CCN(CC(N)=O)CC1.I. The van der Waals surface area contributed by atoms with Crippen molar-refractivity contribution in [3.63, 3.8) is 0 Å². The van der Waals surface area contributed by atoms with Crippen LogP contribution in [0, 0.1) is 0 Å². The summed E-state index contributed by atoms with van der Waals surface area (Å²) in [5.41, 5.74) is 5.04. The number of piperidine rings is 1. The zero-order chi connectivity index (χ0) is 22.5. The Labute approximate surface area is 204 Å². The molecule has 10 heteroatoms. The highest BCUT2D eigenvalue weighted by Crippen LogP contribution is 2.45. The molecule has 1 aliphatic heterocycles. The molecule has 3 rings (SSSR count). The predicted octanol–water partition coefficient (Wildman–Crippen LogP) is 3.25. The van der Waals surface area contributed by atoms with Crippen molar-refractivity contribution < 1.29 is 18.0 Å². The number of rotatable bonds is 7. The van der Waals surface area contributed by atoms with Crippen LogP contribution < -0.4 is 16.4 Å². The number of aliphatic imine (C=N–C) groups is 1. The Morgan fingerprint density at radius 2 is 1.97 bits per heavy atom. The molecule has 180 valence electrons. The van der Waals surface area contributed by atoms with Crippen LogP contribution in [0.1, 0.15) is 50.2 Å². The molecule has 0 aromatic heterocycles. The lowest BCUT2D eigenvalue weighted by molar-refractivity contribution is -0.137. The highest BCUT2D eigenvalue weighted by molar-refractivity contribution is 14.0. The predicted molar refractivity (Wildman–Crippen MR) is 130 cm³/mol. The van der Waals surface area contributed by atoms with Crippen molar-refractivity contribution in [3.05, 3.63) is 35.4 Å². The lowest BCUT2D eigenvalue weighted by Crippen LogP contribution is -2.50. The first-order valence-electron chi connectivity index (χ1n) is 10.9. The van der Waals surface area contributed by atoms with Crippen molar-refractivity contribution in [1.29, 1.82) is 0 Å². The van der Waals surface area contributed by atoms with Crippen molar-refractivity contribution in [2.75, 3.05) is 32.7 Å². The van der Waals surface area contributed by atoms with Gasteiger partial charge in [0.1, 0.15) is 0 Å². The van der Waals surface area contributed by atoms with Gasteiger partial charge in [-0.05, 0) is 44.2 Å². The average molecular weight is 567 g/mol. The fraction of sp³-hybridized carbons (Fsp3) is 0.636. The normalized spacial score (nSPS) is 19.6. The third-order valence-electron chi connectivity index (χ3n) is 6.30. The number of carbonyl (C=O) groups is 1. The van der Waals surface area contributed by atoms with Gasteiger partial charge in [-0.2, -0.15) is 13.2 Å². The first-order valence-corrected chi connectivity index (χ1v) is 10.9. The van der Waals surface area contributed by atoms with E-state index in [0.717, 1.165) is 51.3 Å². The summed E-state index contributed by atoms with van der Waals surface area (Å²) in [5.74, 6) is 0.371. The Kier molecular flexibility index (Phi) is 9.62. The first-order chi connectivity index (χ1) is 14.7. The maximum Gasteiger partial charge on any atom is 0.416 e. The van der Waals surface area contributed by atoms with Crippen molar-refractivity contribution in [1.82, 2.24) is 15.5 Å². The highest BCUT2D eigenvalue weighted by atomic mass is 127. The third kappa shape index (κ3) is 6.97. The van der Waals surface area contributed by atoms with E-state index in [0.29, 0.717) is 24.6 Å². The monoisotopic (exact) mass is 567 g/mol. The summed E-state index contributed by atoms with van der Waals surface area (Å²) in [6, 6.07) is 5.91. The lowest BCUT2D eigenvalue weighted by Gasteiger charge is -2.42. The lowest BCUT2D eigenvalue weighted by atomic mass is 9.64. The van der Waals surface area contributed by atoms with Gasteiger partial charge in [0.15, 0.2) is 5.96 Å². The molecule has 0 spiro atoms. The van der Waals surface area contributed by atoms with Gasteiger partial charge in [-0.15, -0.1) is 24.0 Å². The van der Waals surface area contributed by atoms with Crippen LogP contribution in [0.5, 0.6) is 0 Å². The van der Waals surface area contributed by atoms with Gasteiger partial charge in [0.25, 0.3) is 0 Å². The first kappa shape index (κ1) is 26.7. The minimum atomic E-state index is -4.34. The minimum Gasteiger partial charge on any atom is -0.369 e. The highest BCUT2D eigenvalue weighted by Gasteiger charge is 2.40. The van der Waals surface area contributed by atoms with Crippen LogP contribution in [-0.4, -0.2) is 55.5 Å². The molecule has 1 aliphatic carbocycles. The maximum absolute atomic E-state index is 13.2. The van der Waals surface area contributed by atoms with Crippen molar-refractivity contribution >= 4 is 35.8 Å². The second kappa shape index (κ2) is 11.5. The smallest absolute Gasteiger partial charge is 0.369 e. The van der Waals surface area contributed by atoms with Gasteiger partial charge in [-0.3, -0.25) is 14.7 Å². The molecule has 1 saturated carbocycles. The van der Waals surface area contributed by atoms with E-state index in [9.17, 15) is 18.0 Å². The van der Waals surface area contributed by atoms with Gasteiger partial charge in [0.2, 0.25) is 5.91 Å². The molecule has 32 heavy (non-hydrogen) atoms. The van der Waals surface area contributed by atoms with Crippen molar-refractivity contribution in [3.8, 4) is 0 Å². The molecule has 2 aliphatic rings. The molecule has 0 unspecified atom stereocenters. The third-order valence-corrected chi connectivity index (χ3v) is 6.30. The molecule has 1 saturated heterocycles. The van der Waals surface area contributed by atoms with Gasteiger partial charge in [-0.1, -0.05) is 24.6 Å². The summed E-state index contributed by atoms with van der Waals surface area (Å²) < 4.78 is 39.5. The summed E-state index contributed by atoms with van der Waals surface area (Å²) in [4.78, 5) is 17.9. The van der Waals surface area contributed by atoms with Crippen LogP contribution >= 0.6 is 24.0 Å². The molecule has 2 fully saturated rings. The summed E-state index contributed by atoms with van der Waals surface area (Å²) in [7, 11) is 0. The van der Waals surface area contributed by atoms with Gasteiger partial charge in [0, 0.05) is 31.1 Å². The number of likely N-dealkylation sites (tertiary alicyclic amines) is 1. The number of nitrogens with zero attached hydrogens (tertiary/aromatic N) is 2. The average Bonchev–Trinajstić information content (AvgIpc) is 2.68. The molecule has 0 bridgehead atoms. The number of amides is 1. The zero-order valence-electron chi connectivity index (χ0n) is 18.4. The number of primary amides is 1. The molecule has 1 aromatic carbocycles. The molecule has 4 N–H and O–H groups in total. The Morgan fingerprint density at radius 3 is 2.50 bits per heavy atom. The Morgan fingerprint density at radius 1 is 1.28 bits per heavy atom. The molecular weight excluding hydrogens is 534 g/mol. The van der Waals surface area contributed by atoms with E-state index in [-0.39, 0.29) is 47.9 Å². The number of carbonyl (C=O) groups excluding carboxylic acids is 1. The zero-order valence-corrected chi connectivity index (χ0v) is 20.7. The summed E-state index contributed by atoms with van der Waals surface area (Å²) in [5, 5.41) is 6.71. The minimum absolute atomic E-state index is 0.